The van der Waals surface area contributed by atoms with Crippen molar-refractivity contribution < 1.29 is 13.7 Å². The number of rotatable bonds is 4. The first-order chi connectivity index (χ1) is 13.1. The first-order valence-electron chi connectivity index (χ1n) is 8.80. The molecule has 0 radical (unpaired) electrons. The van der Waals surface area contributed by atoms with Gasteiger partial charge in [-0.2, -0.15) is 5.10 Å². The van der Waals surface area contributed by atoms with Crippen LogP contribution in [0.3, 0.4) is 0 Å². The lowest BCUT2D eigenvalue weighted by Crippen LogP contribution is -2.30. The van der Waals surface area contributed by atoms with Gasteiger partial charge in [0.15, 0.2) is 5.15 Å². The molecule has 1 aromatic carbocycles. The lowest BCUT2D eigenvalue weighted by atomic mass is 10.1. The number of aromatic nitrogens is 3. The predicted molar refractivity (Wildman–Crippen MR) is 97.5 cm³/mol. The number of fused-ring (bicyclic) bond motifs is 1. The number of nitrogens with zero attached hydrogens (tertiary/aromatic N) is 4. The molecule has 0 atom stereocenters. The lowest BCUT2D eigenvalue weighted by molar-refractivity contribution is -0.131. The van der Waals surface area contributed by atoms with Gasteiger partial charge < -0.3 is 9.42 Å². The van der Waals surface area contributed by atoms with Crippen LogP contribution in [0.25, 0.3) is 11.3 Å². The number of halogens is 2. The van der Waals surface area contributed by atoms with Crippen LogP contribution in [0, 0.1) is 5.82 Å². The van der Waals surface area contributed by atoms with E-state index in [-0.39, 0.29) is 11.7 Å². The second kappa shape index (κ2) is 7.52. The fourth-order valence-corrected chi connectivity index (χ4v) is 3.39. The van der Waals surface area contributed by atoms with E-state index in [0.29, 0.717) is 36.8 Å². The third-order valence-electron chi connectivity index (χ3n) is 4.62. The molecule has 0 bridgehead atoms. The Balaban J connectivity index is 1.45. The Labute approximate surface area is 160 Å². The Morgan fingerprint density at radius 3 is 2.78 bits per heavy atom. The smallest absolute Gasteiger partial charge is 0.223 e. The van der Waals surface area contributed by atoms with E-state index in [1.165, 1.54) is 12.1 Å². The number of hydrogen-bond acceptors (Lipinski definition) is 4. The molecule has 2 aromatic heterocycles. The first-order valence-corrected chi connectivity index (χ1v) is 9.18. The molecule has 3 heterocycles. The van der Waals surface area contributed by atoms with Gasteiger partial charge in [0.1, 0.15) is 11.6 Å². The number of carbonyl (C=O) groups is 1. The number of amides is 1. The number of aryl methyl sites for hydroxylation is 2. The van der Waals surface area contributed by atoms with Crippen LogP contribution in [0.4, 0.5) is 4.39 Å². The maximum Gasteiger partial charge on any atom is 0.223 e. The summed E-state index contributed by atoms with van der Waals surface area (Å²) in [5.74, 6) is 0.386. The average Bonchev–Trinajstić information content (AvgIpc) is 3.20. The molecule has 27 heavy (non-hydrogen) atoms. The van der Waals surface area contributed by atoms with E-state index in [9.17, 15) is 9.18 Å². The topological polar surface area (TPSA) is 64.2 Å². The molecule has 1 aliphatic heterocycles. The maximum atomic E-state index is 13.1. The summed E-state index contributed by atoms with van der Waals surface area (Å²) >= 11 is 5.73. The predicted octanol–water partition coefficient (Wildman–Crippen LogP) is 3.70. The molecular weight excluding hydrogens is 371 g/mol. The van der Waals surface area contributed by atoms with E-state index in [0.717, 1.165) is 29.9 Å². The molecule has 140 valence electrons. The van der Waals surface area contributed by atoms with Crippen LogP contribution in [0.1, 0.15) is 24.3 Å². The van der Waals surface area contributed by atoms with E-state index in [2.05, 4.69) is 10.3 Å². The maximum absolute atomic E-state index is 13.1. The highest BCUT2D eigenvalue weighted by atomic mass is 35.5. The van der Waals surface area contributed by atoms with Gasteiger partial charge in [0.2, 0.25) is 5.91 Å². The average molecular weight is 389 g/mol. The Morgan fingerprint density at radius 2 is 2.04 bits per heavy atom. The van der Waals surface area contributed by atoms with E-state index in [4.69, 9.17) is 16.1 Å². The standard InChI is InChI=1S/C19H18ClFN4O2/c20-18-11-16(27-23-18)6-7-19(26)24-8-1-9-25-15(12-24)10-17(22-25)13-2-4-14(21)5-3-13/h2-5,10-11H,1,6-9,12H2. The van der Waals surface area contributed by atoms with Gasteiger partial charge in [0, 0.05) is 37.6 Å². The second-order valence-corrected chi connectivity index (χ2v) is 6.92. The quantitative estimate of drug-likeness (QED) is 0.683. The molecule has 1 amide bonds. The third-order valence-corrected chi connectivity index (χ3v) is 4.80. The highest BCUT2D eigenvalue weighted by Crippen LogP contribution is 2.23. The largest absolute Gasteiger partial charge is 0.360 e. The Kier molecular flexibility index (Phi) is 4.94. The molecule has 0 saturated carbocycles. The zero-order chi connectivity index (χ0) is 18.8. The van der Waals surface area contributed by atoms with Crippen molar-refractivity contribution in [1.29, 1.82) is 0 Å². The van der Waals surface area contributed by atoms with Gasteiger partial charge in [-0.25, -0.2) is 4.39 Å². The minimum absolute atomic E-state index is 0.0560. The number of hydrogen-bond donors (Lipinski definition) is 0. The summed E-state index contributed by atoms with van der Waals surface area (Å²) in [5.41, 5.74) is 2.62. The minimum Gasteiger partial charge on any atom is -0.360 e. The molecular formula is C19H18ClFN4O2. The van der Waals surface area contributed by atoms with Crippen molar-refractivity contribution in [2.45, 2.75) is 32.4 Å². The number of benzene rings is 1. The van der Waals surface area contributed by atoms with E-state index in [1.807, 2.05) is 15.6 Å². The van der Waals surface area contributed by atoms with Crippen LogP contribution in [0.15, 0.2) is 40.9 Å². The summed E-state index contributed by atoms with van der Waals surface area (Å²) in [5, 5.41) is 8.53. The summed E-state index contributed by atoms with van der Waals surface area (Å²) in [7, 11) is 0. The Bertz CT molecular complexity index is 951. The van der Waals surface area contributed by atoms with Crippen LogP contribution in [-0.4, -0.2) is 32.3 Å². The van der Waals surface area contributed by atoms with Gasteiger partial charge in [0.05, 0.1) is 17.9 Å². The van der Waals surface area contributed by atoms with Crippen molar-refractivity contribution >= 4 is 17.5 Å². The second-order valence-electron chi connectivity index (χ2n) is 6.54. The molecule has 8 heteroatoms. The molecule has 0 saturated heterocycles. The van der Waals surface area contributed by atoms with Crippen molar-refractivity contribution in [3.05, 3.63) is 58.8 Å². The highest BCUT2D eigenvalue weighted by Gasteiger charge is 2.21. The van der Waals surface area contributed by atoms with Gasteiger partial charge in [-0.05, 0) is 36.8 Å². The van der Waals surface area contributed by atoms with Crippen LogP contribution in [0.2, 0.25) is 5.15 Å². The molecule has 0 aliphatic carbocycles. The lowest BCUT2D eigenvalue weighted by Gasteiger charge is -2.19. The van der Waals surface area contributed by atoms with Crippen LogP contribution in [-0.2, 0) is 24.3 Å². The first kappa shape index (κ1) is 17.7. The molecule has 4 rings (SSSR count). The fourth-order valence-electron chi connectivity index (χ4n) is 3.23. The summed E-state index contributed by atoms with van der Waals surface area (Å²) in [4.78, 5) is 14.5. The number of carbonyl (C=O) groups excluding carboxylic acids is 1. The fraction of sp³-hybridized carbons (Fsp3) is 0.316. The van der Waals surface area contributed by atoms with Crippen molar-refractivity contribution in [3.63, 3.8) is 0 Å². The summed E-state index contributed by atoms with van der Waals surface area (Å²) in [6, 6.07) is 9.86. The van der Waals surface area contributed by atoms with Crippen molar-refractivity contribution in [2.24, 2.45) is 0 Å². The van der Waals surface area contributed by atoms with Crippen LogP contribution < -0.4 is 0 Å². The highest BCUT2D eigenvalue weighted by molar-refractivity contribution is 6.29. The summed E-state index contributed by atoms with van der Waals surface area (Å²) in [6.07, 6.45) is 1.64. The van der Waals surface area contributed by atoms with Crippen LogP contribution in [0.5, 0.6) is 0 Å². The molecule has 0 N–H and O–H groups in total. The zero-order valence-electron chi connectivity index (χ0n) is 14.6. The Hall–Kier alpha value is -2.67. The van der Waals surface area contributed by atoms with Gasteiger partial charge in [0.25, 0.3) is 0 Å². The third kappa shape index (κ3) is 4.03. The van der Waals surface area contributed by atoms with E-state index >= 15 is 0 Å². The van der Waals surface area contributed by atoms with Crippen LogP contribution >= 0.6 is 11.6 Å². The van der Waals surface area contributed by atoms with Gasteiger partial charge in [-0.15, -0.1) is 0 Å². The van der Waals surface area contributed by atoms with E-state index < -0.39 is 0 Å². The van der Waals surface area contributed by atoms with Gasteiger partial charge in [-0.3, -0.25) is 9.48 Å². The van der Waals surface area contributed by atoms with E-state index in [1.54, 1.807) is 18.2 Å². The normalized spacial score (nSPS) is 14.1. The molecule has 0 spiro atoms. The molecule has 6 nitrogen and oxygen atoms in total. The summed E-state index contributed by atoms with van der Waals surface area (Å²) < 4.78 is 20.1. The Morgan fingerprint density at radius 1 is 1.22 bits per heavy atom. The molecule has 0 fully saturated rings. The van der Waals surface area contributed by atoms with Gasteiger partial charge >= 0.3 is 0 Å². The minimum atomic E-state index is -0.274. The van der Waals surface area contributed by atoms with Gasteiger partial charge in [-0.1, -0.05) is 16.8 Å². The molecule has 0 unspecified atom stereocenters. The SMILES string of the molecule is O=C(CCc1cc(Cl)no1)N1CCCn2nc(-c3ccc(F)cc3)cc2C1. The molecule has 1 aliphatic rings. The van der Waals surface area contributed by atoms with Crippen molar-refractivity contribution in [1.82, 2.24) is 19.8 Å². The summed E-state index contributed by atoms with van der Waals surface area (Å²) in [6.45, 7) is 1.94. The zero-order valence-corrected chi connectivity index (χ0v) is 15.3. The molecule has 3 aromatic rings. The van der Waals surface area contributed by atoms with Crippen molar-refractivity contribution in [2.75, 3.05) is 6.54 Å². The van der Waals surface area contributed by atoms with Crippen molar-refractivity contribution in [3.8, 4) is 11.3 Å². The monoisotopic (exact) mass is 388 g/mol.